The van der Waals surface area contributed by atoms with Gasteiger partial charge in [-0.3, -0.25) is 9.48 Å². The molecule has 28 heavy (non-hydrogen) atoms. The van der Waals surface area contributed by atoms with Crippen LogP contribution >= 0.6 is 0 Å². The van der Waals surface area contributed by atoms with E-state index in [4.69, 9.17) is 4.52 Å². The summed E-state index contributed by atoms with van der Waals surface area (Å²) < 4.78 is 6.95. The normalized spacial score (nSPS) is 15.2. The maximum atomic E-state index is 12.6. The summed E-state index contributed by atoms with van der Waals surface area (Å²) in [6.07, 6.45) is 5.14. The first kappa shape index (κ1) is 18.3. The maximum Gasteiger partial charge on any atom is 0.257 e. The van der Waals surface area contributed by atoms with Gasteiger partial charge in [-0.2, -0.15) is 5.10 Å². The number of nitrogens with zero attached hydrogens (tertiary/aromatic N) is 6. The lowest BCUT2D eigenvalue weighted by Gasteiger charge is -2.31. The minimum Gasteiger partial charge on any atom is -0.361 e. The van der Waals surface area contributed by atoms with Crippen molar-refractivity contribution in [1.82, 2.24) is 29.8 Å². The number of aromatic nitrogens is 5. The third-order valence-corrected chi connectivity index (χ3v) is 5.30. The van der Waals surface area contributed by atoms with Crippen LogP contribution in [0.3, 0.4) is 0 Å². The summed E-state index contributed by atoms with van der Waals surface area (Å²) in [4.78, 5) is 23.8. The summed E-state index contributed by atoms with van der Waals surface area (Å²) >= 11 is 0. The topological polar surface area (TPSA) is 89.9 Å². The summed E-state index contributed by atoms with van der Waals surface area (Å²) in [6, 6.07) is 2.04. The van der Waals surface area contributed by atoms with Crippen molar-refractivity contribution in [2.75, 3.05) is 13.1 Å². The molecule has 3 aromatic rings. The second-order valence-electron chi connectivity index (χ2n) is 7.39. The molecule has 4 heterocycles. The van der Waals surface area contributed by atoms with Crippen molar-refractivity contribution in [2.24, 2.45) is 7.05 Å². The van der Waals surface area contributed by atoms with Crippen molar-refractivity contribution in [3.8, 4) is 11.3 Å². The van der Waals surface area contributed by atoms with Crippen LogP contribution in [0.25, 0.3) is 11.3 Å². The number of carbonyl (C=O) groups is 1. The number of aryl methyl sites for hydroxylation is 4. The van der Waals surface area contributed by atoms with Gasteiger partial charge in [-0.1, -0.05) is 5.16 Å². The second kappa shape index (κ2) is 7.18. The molecule has 8 nitrogen and oxygen atoms in total. The van der Waals surface area contributed by atoms with Crippen molar-refractivity contribution in [1.29, 1.82) is 0 Å². The summed E-state index contributed by atoms with van der Waals surface area (Å²) in [5.41, 5.74) is 4.29. The number of likely N-dealkylation sites (tertiary alicyclic amines) is 1. The number of hydrogen-bond acceptors (Lipinski definition) is 6. The second-order valence-corrected chi connectivity index (χ2v) is 7.39. The smallest absolute Gasteiger partial charge is 0.257 e. The molecule has 1 fully saturated rings. The first-order chi connectivity index (χ1) is 13.4. The minimum absolute atomic E-state index is 0.0434. The largest absolute Gasteiger partial charge is 0.361 e. The van der Waals surface area contributed by atoms with E-state index in [2.05, 4.69) is 20.2 Å². The molecule has 0 N–H and O–H groups in total. The van der Waals surface area contributed by atoms with Crippen LogP contribution < -0.4 is 0 Å². The molecule has 1 aliphatic rings. The molecule has 146 valence electrons. The van der Waals surface area contributed by atoms with E-state index in [9.17, 15) is 4.79 Å². The van der Waals surface area contributed by atoms with Crippen LogP contribution in [-0.2, 0) is 7.05 Å². The Labute approximate surface area is 163 Å². The van der Waals surface area contributed by atoms with Crippen LogP contribution in [-0.4, -0.2) is 48.8 Å². The number of carbonyl (C=O) groups excluding carboxylic acids is 1. The summed E-state index contributed by atoms with van der Waals surface area (Å²) in [6.45, 7) is 7.15. The Morgan fingerprint density at radius 3 is 2.54 bits per heavy atom. The Hall–Kier alpha value is -3.03. The molecule has 1 aliphatic heterocycles. The highest BCUT2D eigenvalue weighted by molar-refractivity contribution is 5.93. The minimum atomic E-state index is 0.0434. The zero-order chi connectivity index (χ0) is 19.8. The molecule has 1 amide bonds. The molecule has 0 spiro atoms. The number of rotatable bonds is 3. The Bertz CT molecular complexity index is 994. The molecule has 0 aliphatic carbocycles. The predicted octanol–water partition coefficient (Wildman–Crippen LogP) is 2.81. The van der Waals surface area contributed by atoms with E-state index >= 15 is 0 Å². The molecule has 8 heteroatoms. The Balaban J connectivity index is 1.51. The highest BCUT2D eigenvalue weighted by Crippen LogP contribution is 2.31. The number of amides is 1. The van der Waals surface area contributed by atoms with Gasteiger partial charge in [0.1, 0.15) is 11.6 Å². The lowest BCUT2D eigenvalue weighted by Crippen LogP contribution is -2.38. The number of hydrogen-bond donors (Lipinski definition) is 0. The van der Waals surface area contributed by atoms with Crippen molar-refractivity contribution < 1.29 is 9.32 Å². The monoisotopic (exact) mass is 380 g/mol. The van der Waals surface area contributed by atoms with E-state index in [0.29, 0.717) is 24.6 Å². The SMILES string of the molecule is Cc1nc(-c2c(C)noc2C)cc(C2CCN(C(=O)c3cnn(C)c3)CC2)n1. The molecule has 0 radical (unpaired) electrons. The Kier molecular flexibility index (Phi) is 4.70. The summed E-state index contributed by atoms with van der Waals surface area (Å²) in [7, 11) is 1.82. The summed E-state index contributed by atoms with van der Waals surface area (Å²) in [5, 5.41) is 8.13. The first-order valence-electron chi connectivity index (χ1n) is 9.49. The maximum absolute atomic E-state index is 12.6. The van der Waals surface area contributed by atoms with Gasteiger partial charge in [0.2, 0.25) is 0 Å². The van der Waals surface area contributed by atoms with E-state index in [0.717, 1.165) is 47.1 Å². The summed E-state index contributed by atoms with van der Waals surface area (Å²) in [5.74, 6) is 1.85. The fourth-order valence-electron chi connectivity index (χ4n) is 3.87. The van der Waals surface area contributed by atoms with Crippen LogP contribution in [0.15, 0.2) is 23.0 Å². The highest BCUT2D eigenvalue weighted by atomic mass is 16.5. The van der Waals surface area contributed by atoms with E-state index in [1.807, 2.05) is 38.8 Å². The molecule has 1 saturated heterocycles. The van der Waals surface area contributed by atoms with Crippen LogP contribution in [0, 0.1) is 20.8 Å². The van der Waals surface area contributed by atoms with Crippen molar-refractivity contribution in [2.45, 2.75) is 39.5 Å². The third-order valence-electron chi connectivity index (χ3n) is 5.30. The number of piperidine rings is 1. The molecule has 0 saturated carbocycles. The van der Waals surface area contributed by atoms with Crippen LogP contribution in [0.2, 0.25) is 0 Å². The Morgan fingerprint density at radius 2 is 1.93 bits per heavy atom. The van der Waals surface area contributed by atoms with Gasteiger partial charge in [-0.05, 0) is 39.7 Å². The zero-order valence-electron chi connectivity index (χ0n) is 16.6. The predicted molar refractivity (Wildman–Crippen MR) is 103 cm³/mol. The molecule has 0 atom stereocenters. The van der Waals surface area contributed by atoms with Gasteiger partial charge in [0.05, 0.1) is 28.7 Å². The molecule has 0 unspecified atom stereocenters. The molecule has 4 rings (SSSR count). The molecular formula is C20H24N6O2. The fourth-order valence-corrected chi connectivity index (χ4v) is 3.87. The van der Waals surface area contributed by atoms with E-state index in [-0.39, 0.29) is 5.91 Å². The van der Waals surface area contributed by atoms with Gasteiger partial charge in [0, 0.05) is 37.9 Å². The average Bonchev–Trinajstić information content (AvgIpc) is 3.26. The Morgan fingerprint density at radius 1 is 1.18 bits per heavy atom. The van der Waals surface area contributed by atoms with Gasteiger partial charge in [-0.15, -0.1) is 0 Å². The van der Waals surface area contributed by atoms with Gasteiger partial charge < -0.3 is 9.42 Å². The standard InChI is InChI=1S/C20H24N6O2/c1-12-19(13(2)28-24-12)18-9-17(22-14(3)23-18)15-5-7-26(8-6-15)20(27)16-10-21-25(4)11-16/h9-11,15H,5-8H2,1-4H3. The van der Waals surface area contributed by atoms with E-state index in [1.165, 1.54) is 0 Å². The van der Waals surface area contributed by atoms with E-state index < -0.39 is 0 Å². The van der Waals surface area contributed by atoms with Crippen LogP contribution in [0.1, 0.15) is 52.1 Å². The van der Waals surface area contributed by atoms with Crippen molar-refractivity contribution >= 4 is 5.91 Å². The molecular weight excluding hydrogens is 356 g/mol. The van der Waals surface area contributed by atoms with Crippen LogP contribution in [0.5, 0.6) is 0 Å². The average molecular weight is 380 g/mol. The third kappa shape index (κ3) is 3.42. The van der Waals surface area contributed by atoms with E-state index in [1.54, 1.807) is 17.1 Å². The highest BCUT2D eigenvalue weighted by Gasteiger charge is 2.27. The first-order valence-corrected chi connectivity index (χ1v) is 9.49. The quantitative estimate of drug-likeness (QED) is 0.694. The van der Waals surface area contributed by atoms with Gasteiger partial charge >= 0.3 is 0 Å². The van der Waals surface area contributed by atoms with Crippen LogP contribution in [0.4, 0.5) is 0 Å². The fraction of sp³-hybridized carbons (Fsp3) is 0.450. The van der Waals surface area contributed by atoms with Gasteiger partial charge in [0.15, 0.2) is 0 Å². The molecule has 0 bridgehead atoms. The lowest BCUT2D eigenvalue weighted by atomic mass is 9.92. The van der Waals surface area contributed by atoms with Gasteiger partial charge in [-0.25, -0.2) is 9.97 Å². The molecule has 3 aromatic heterocycles. The van der Waals surface area contributed by atoms with Gasteiger partial charge in [0.25, 0.3) is 5.91 Å². The van der Waals surface area contributed by atoms with Crippen molar-refractivity contribution in [3.05, 3.63) is 47.0 Å². The zero-order valence-corrected chi connectivity index (χ0v) is 16.6. The lowest BCUT2D eigenvalue weighted by molar-refractivity contribution is 0.0712. The molecule has 0 aromatic carbocycles. The van der Waals surface area contributed by atoms with Crippen molar-refractivity contribution in [3.63, 3.8) is 0 Å².